The highest BCUT2D eigenvalue weighted by Crippen LogP contribution is 2.20. The van der Waals surface area contributed by atoms with Crippen LogP contribution in [0.15, 0.2) is 61.2 Å². The largest absolute Gasteiger partial charge is 0.497 e. The summed E-state index contributed by atoms with van der Waals surface area (Å²) in [6.45, 7) is 2.80. The van der Waals surface area contributed by atoms with E-state index in [1.807, 2.05) is 43.4 Å². The van der Waals surface area contributed by atoms with Gasteiger partial charge in [0.15, 0.2) is 5.11 Å². The van der Waals surface area contributed by atoms with E-state index in [-0.39, 0.29) is 6.04 Å². The standard InChI is InChI=1S/C20H23N5OS/c1-15(17-6-8-18(9-7-17)25-14-21-13-23-25)24(2)20(27)22-12-16-4-10-19(26-3)11-5-16/h4-11,13-15H,12H2,1-3H3,(H,22,27)/t15-/m0/s1. The summed E-state index contributed by atoms with van der Waals surface area (Å²) in [5.41, 5.74) is 3.30. The summed E-state index contributed by atoms with van der Waals surface area (Å²) in [6, 6.07) is 16.3. The van der Waals surface area contributed by atoms with Crippen molar-refractivity contribution in [3.05, 3.63) is 72.3 Å². The zero-order valence-electron chi connectivity index (χ0n) is 15.7. The monoisotopic (exact) mass is 381 g/mol. The fourth-order valence-corrected chi connectivity index (χ4v) is 2.92. The highest BCUT2D eigenvalue weighted by molar-refractivity contribution is 7.80. The molecule has 1 atom stereocenters. The summed E-state index contributed by atoms with van der Waals surface area (Å²) >= 11 is 5.56. The van der Waals surface area contributed by atoms with E-state index in [0.717, 1.165) is 17.0 Å². The Morgan fingerprint density at radius 3 is 2.48 bits per heavy atom. The Kier molecular flexibility index (Phi) is 6.03. The van der Waals surface area contributed by atoms with E-state index in [1.165, 1.54) is 11.9 Å². The van der Waals surface area contributed by atoms with E-state index in [1.54, 1.807) is 18.1 Å². The van der Waals surface area contributed by atoms with Crippen LogP contribution >= 0.6 is 12.2 Å². The quantitative estimate of drug-likeness (QED) is 0.661. The number of nitrogens with zero attached hydrogens (tertiary/aromatic N) is 4. The average molecular weight is 382 g/mol. The van der Waals surface area contributed by atoms with Crippen LogP contribution in [0.1, 0.15) is 24.1 Å². The maximum Gasteiger partial charge on any atom is 0.169 e. The van der Waals surface area contributed by atoms with Crippen molar-refractivity contribution in [2.24, 2.45) is 0 Å². The molecular formula is C20H23N5OS. The van der Waals surface area contributed by atoms with E-state index in [2.05, 4.69) is 39.4 Å². The summed E-state index contributed by atoms with van der Waals surface area (Å²) in [5, 5.41) is 8.17. The van der Waals surface area contributed by atoms with Gasteiger partial charge in [0.2, 0.25) is 0 Å². The lowest BCUT2D eigenvalue weighted by Gasteiger charge is -2.28. The Labute approximate surface area is 164 Å². The summed E-state index contributed by atoms with van der Waals surface area (Å²) in [6.07, 6.45) is 3.21. The molecule has 27 heavy (non-hydrogen) atoms. The lowest BCUT2D eigenvalue weighted by atomic mass is 10.1. The third-order valence-electron chi connectivity index (χ3n) is 4.56. The number of benzene rings is 2. The topological polar surface area (TPSA) is 55.2 Å². The van der Waals surface area contributed by atoms with Crippen molar-refractivity contribution >= 4 is 17.3 Å². The summed E-state index contributed by atoms with van der Waals surface area (Å²) < 4.78 is 6.92. The lowest BCUT2D eigenvalue weighted by Crippen LogP contribution is -2.38. The average Bonchev–Trinajstić information content (AvgIpc) is 3.26. The number of nitrogens with one attached hydrogen (secondary N) is 1. The number of thiocarbonyl (C=S) groups is 1. The van der Waals surface area contributed by atoms with Crippen LogP contribution in [0.25, 0.3) is 5.69 Å². The van der Waals surface area contributed by atoms with Gasteiger partial charge in [-0.25, -0.2) is 9.67 Å². The van der Waals surface area contributed by atoms with Crippen LogP contribution in [0, 0.1) is 0 Å². The second kappa shape index (κ2) is 8.64. The molecule has 140 valence electrons. The van der Waals surface area contributed by atoms with E-state index >= 15 is 0 Å². The first kappa shape index (κ1) is 18.8. The molecule has 6 nitrogen and oxygen atoms in total. The molecule has 3 aromatic rings. The number of hydrogen-bond acceptors (Lipinski definition) is 4. The Morgan fingerprint density at radius 1 is 1.19 bits per heavy atom. The van der Waals surface area contributed by atoms with Gasteiger partial charge >= 0.3 is 0 Å². The first-order valence-electron chi connectivity index (χ1n) is 8.67. The van der Waals surface area contributed by atoms with E-state index in [9.17, 15) is 0 Å². The molecule has 0 saturated heterocycles. The number of aromatic nitrogens is 3. The molecule has 3 rings (SSSR count). The fraction of sp³-hybridized carbons (Fsp3) is 0.250. The Morgan fingerprint density at radius 2 is 1.89 bits per heavy atom. The van der Waals surface area contributed by atoms with Gasteiger partial charge in [0, 0.05) is 13.6 Å². The molecular weight excluding hydrogens is 358 g/mol. The van der Waals surface area contributed by atoms with E-state index < -0.39 is 0 Å². The molecule has 0 amide bonds. The highest BCUT2D eigenvalue weighted by atomic mass is 32.1. The van der Waals surface area contributed by atoms with Gasteiger partial charge in [-0.3, -0.25) is 0 Å². The van der Waals surface area contributed by atoms with Crippen LogP contribution in [-0.2, 0) is 6.54 Å². The van der Waals surface area contributed by atoms with Crippen LogP contribution in [0.5, 0.6) is 5.75 Å². The predicted octanol–water partition coefficient (Wildman–Crippen LogP) is 3.34. The SMILES string of the molecule is COc1ccc(CNC(=S)N(C)[C@@H](C)c2ccc(-n3cncn3)cc2)cc1. The molecule has 0 fully saturated rings. The van der Waals surface area contributed by atoms with Crippen LogP contribution in [-0.4, -0.2) is 38.9 Å². The Hall–Kier alpha value is -2.93. The lowest BCUT2D eigenvalue weighted by molar-refractivity contribution is 0.395. The zero-order chi connectivity index (χ0) is 19.2. The third kappa shape index (κ3) is 4.62. The molecule has 0 radical (unpaired) electrons. The van der Waals surface area contributed by atoms with Crippen molar-refractivity contribution in [3.8, 4) is 11.4 Å². The van der Waals surface area contributed by atoms with Gasteiger partial charge in [0.05, 0.1) is 18.8 Å². The second-order valence-corrected chi connectivity index (χ2v) is 6.61. The van der Waals surface area contributed by atoms with Crippen molar-refractivity contribution in [2.45, 2.75) is 19.5 Å². The minimum Gasteiger partial charge on any atom is -0.497 e. The van der Waals surface area contributed by atoms with Crippen LogP contribution < -0.4 is 10.1 Å². The molecule has 0 aliphatic carbocycles. The summed E-state index contributed by atoms with van der Waals surface area (Å²) in [5.74, 6) is 0.849. The Bertz CT molecular complexity index is 862. The normalized spacial score (nSPS) is 11.7. The van der Waals surface area contributed by atoms with Gasteiger partial charge < -0.3 is 15.0 Å². The van der Waals surface area contributed by atoms with Crippen molar-refractivity contribution in [1.29, 1.82) is 0 Å². The third-order valence-corrected chi connectivity index (χ3v) is 5.00. The minimum absolute atomic E-state index is 0.144. The van der Waals surface area contributed by atoms with Crippen molar-refractivity contribution < 1.29 is 4.74 Å². The molecule has 1 aromatic heterocycles. The van der Waals surface area contributed by atoms with Crippen molar-refractivity contribution in [2.75, 3.05) is 14.2 Å². The molecule has 0 unspecified atom stereocenters. The molecule has 0 aliphatic heterocycles. The molecule has 7 heteroatoms. The molecule has 0 saturated carbocycles. The molecule has 0 aliphatic rings. The Balaban J connectivity index is 1.58. The molecule has 2 aromatic carbocycles. The highest BCUT2D eigenvalue weighted by Gasteiger charge is 2.14. The number of ether oxygens (including phenoxy) is 1. The zero-order valence-corrected chi connectivity index (χ0v) is 16.5. The van der Waals surface area contributed by atoms with Gasteiger partial charge in [0.25, 0.3) is 0 Å². The fourth-order valence-electron chi connectivity index (χ4n) is 2.69. The van der Waals surface area contributed by atoms with Gasteiger partial charge in [-0.1, -0.05) is 24.3 Å². The minimum atomic E-state index is 0.144. The van der Waals surface area contributed by atoms with Crippen LogP contribution in [0.2, 0.25) is 0 Å². The molecule has 0 spiro atoms. The molecule has 0 bridgehead atoms. The first-order valence-corrected chi connectivity index (χ1v) is 9.08. The van der Waals surface area contributed by atoms with Gasteiger partial charge in [-0.15, -0.1) is 0 Å². The summed E-state index contributed by atoms with van der Waals surface area (Å²) in [4.78, 5) is 6.03. The molecule has 1 heterocycles. The number of methoxy groups -OCH3 is 1. The molecule has 1 N–H and O–H groups in total. The number of rotatable bonds is 6. The van der Waals surface area contributed by atoms with Crippen LogP contribution in [0.3, 0.4) is 0 Å². The maximum atomic E-state index is 5.56. The maximum absolute atomic E-state index is 5.56. The van der Waals surface area contributed by atoms with Crippen LogP contribution in [0.4, 0.5) is 0 Å². The summed E-state index contributed by atoms with van der Waals surface area (Å²) in [7, 11) is 3.66. The van der Waals surface area contributed by atoms with Gasteiger partial charge in [0.1, 0.15) is 18.4 Å². The first-order chi connectivity index (χ1) is 13.1. The van der Waals surface area contributed by atoms with Crippen molar-refractivity contribution in [3.63, 3.8) is 0 Å². The second-order valence-electron chi connectivity index (χ2n) is 6.23. The smallest absolute Gasteiger partial charge is 0.169 e. The van der Waals surface area contributed by atoms with E-state index in [4.69, 9.17) is 17.0 Å². The number of hydrogen-bond donors (Lipinski definition) is 1. The van der Waals surface area contributed by atoms with E-state index in [0.29, 0.717) is 11.7 Å². The van der Waals surface area contributed by atoms with Crippen molar-refractivity contribution in [1.82, 2.24) is 25.0 Å². The predicted molar refractivity (Wildman–Crippen MR) is 110 cm³/mol. The van der Waals surface area contributed by atoms with Gasteiger partial charge in [-0.2, -0.15) is 5.10 Å². The van der Waals surface area contributed by atoms with Gasteiger partial charge in [-0.05, 0) is 54.5 Å².